The van der Waals surface area contributed by atoms with Gasteiger partial charge in [-0.25, -0.2) is 9.59 Å². The van der Waals surface area contributed by atoms with E-state index in [1.54, 1.807) is 19.1 Å². The topological polar surface area (TPSA) is 61.8 Å². The second kappa shape index (κ2) is 12.3. The normalized spacial score (nSPS) is 24.8. The van der Waals surface area contributed by atoms with Crippen LogP contribution in [0.1, 0.15) is 63.9 Å². The summed E-state index contributed by atoms with van der Waals surface area (Å²) in [6, 6.07) is 6.19. The highest BCUT2D eigenvalue weighted by molar-refractivity contribution is 5.86. The number of rotatable bonds is 10. The van der Waals surface area contributed by atoms with Crippen LogP contribution in [0.2, 0.25) is 0 Å². The molecule has 192 valence electrons. The van der Waals surface area contributed by atoms with Gasteiger partial charge in [0.15, 0.2) is 0 Å². The van der Waals surface area contributed by atoms with Gasteiger partial charge in [-0.3, -0.25) is 0 Å². The minimum Gasteiger partial charge on any atom is -0.462 e. The van der Waals surface area contributed by atoms with Gasteiger partial charge in [0.2, 0.25) is 0 Å². The van der Waals surface area contributed by atoms with Crippen molar-refractivity contribution in [2.75, 3.05) is 6.61 Å². The van der Waals surface area contributed by atoms with Gasteiger partial charge in [-0.15, -0.1) is 0 Å². The molecule has 5 nitrogen and oxygen atoms in total. The van der Waals surface area contributed by atoms with Crippen LogP contribution in [0.5, 0.6) is 5.75 Å². The van der Waals surface area contributed by atoms with Gasteiger partial charge in [0.05, 0.1) is 12.5 Å². The fourth-order valence-electron chi connectivity index (χ4n) is 5.18. The molecular weight excluding hydrogens is 454 g/mol. The summed E-state index contributed by atoms with van der Waals surface area (Å²) in [5.74, 6) is -0.160. The molecule has 0 aliphatic heterocycles. The third-order valence-electron chi connectivity index (χ3n) is 7.33. The van der Waals surface area contributed by atoms with Gasteiger partial charge in [-0.05, 0) is 93.7 Å². The maximum Gasteiger partial charge on any atom is 0.400 e. The Hall–Kier alpha value is -2.70. The van der Waals surface area contributed by atoms with Crippen LogP contribution in [0.25, 0.3) is 0 Å². The van der Waals surface area contributed by atoms with Crippen LogP contribution in [0.15, 0.2) is 49.1 Å². The van der Waals surface area contributed by atoms with Gasteiger partial charge in [0, 0.05) is 11.6 Å². The SMILES string of the molecule is C=CC(=O)OCC1CCC(C2CCC(C(F)(F)Oc3ccc(COC(=O)C(=C)C)cc3)CC2)CC1. The molecule has 0 saturated heterocycles. The van der Waals surface area contributed by atoms with E-state index in [0.717, 1.165) is 38.5 Å². The van der Waals surface area contributed by atoms with Crippen molar-refractivity contribution in [3.05, 3.63) is 54.6 Å². The highest BCUT2D eigenvalue weighted by Gasteiger charge is 2.45. The predicted molar refractivity (Wildman–Crippen MR) is 129 cm³/mol. The lowest BCUT2D eigenvalue weighted by Crippen LogP contribution is -2.38. The molecule has 0 heterocycles. The minimum atomic E-state index is -3.23. The van der Waals surface area contributed by atoms with Crippen LogP contribution in [0.4, 0.5) is 8.78 Å². The van der Waals surface area contributed by atoms with Crippen LogP contribution < -0.4 is 4.74 Å². The maximum absolute atomic E-state index is 14.9. The van der Waals surface area contributed by atoms with E-state index in [2.05, 4.69) is 13.2 Å². The van der Waals surface area contributed by atoms with Gasteiger partial charge < -0.3 is 14.2 Å². The predicted octanol–water partition coefficient (Wildman–Crippen LogP) is 6.62. The number of alkyl halides is 2. The molecule has 0 spiro atoms. The third kappa shape index (κ3) is 7.91. The van der Waals surface area contributed by atoms with Crippen LogP contribution in [0, 0.1) is 23.7 Å². The Morgan fingerprint density at radius 1 is 0.971 bits per heavy atom. The Morgan fingerprint density at radius 3 is 2.09 bits per heavy atom. The first-order valence-electron chi connectivity index (χ1n) is 12.5. The van der Waals surface area contributed by atoms with Crippen molar-refractivity contribution in [2.45, 2.75) is 71.0 Å². The summed E-state index contributed by atoms with van der Waals surface area (Å²) in [7, 11) is 0. The van der Waals surface area contributed by atoms with E-state index < -0.39 is 18.0 Å². The molecule has 2 aliphatic rings. The number of carbonyl (C=O) groups excluding carboxylic acids is 2. The van der Waals surface area contributed by atoms with E-state index in [1.165, 1.54) is 18.2 Å². The Balaban J connectivity index is 1.41. The smallest absolute Gasteiger partial charge is 0.400 e. The van der Waals surface area contributed by atoms with Crippen LogP contribution in [-0.2, 0) is 25.7 Å². The molecule has 0 radical (unpaired) electrons. The van der Waals surface area contributed by atoms with Gasteiger partial charge in [-0.1, -0.05) is 25.3 Å². The van der Waals surface area contributed by atoms with E-state index in [-0.39, 0.29) is 18.3 Å². The van der Waals surface area contributed by atoms with E-state index in [9.17, 15) is 18.4 Å². The van der Waals surface area contributed by atoms with Crippen molar-refractivity contribution in [3.8, 4) is 5.75 Å². The molecule has 1 aromatic carbocycles. The summed E-state index contributed by atoms with van der Waals surface area (Å²) in [5, 5.41) is 0. The average molecular weight is 491 g/mol. The molecule has 0 atom stereocenters. The van der Waals surface area contributed by atoms with Crippen molar-refractivity contribution in [2.24, 2.45) is 23.7 Å². The Morgan fingerprint density at radius 2 is 1.54 bits per heavy atom. The number of halogens is 2. The first kappa shape index (κ1) is 26.9. The Kier molecular flexibility index (Phi) is 9.47. The fourth-order valence-corrected chi connectivity index (χ4v) is 5.18. The molecule has 3 rings (SSSR count). The summed E-state index contributed by atoms with van der Waals surface area (Å²) in [6.07, 6.45) is 4.57. The van der Waals surface area contributed by atoms with Crippen molar-refractivity contribution in [1.29, 1.82) is 0 Å². The van der Waals surface area contributed by atoms with Crippen LogP contribution in [0.3, 0.4) is 0 Å². The number of hydrogen-bond donors (Lipinski definition) is 0. The van der Waals surface area contributed by atoms with Gasteiger partial charge in [0.25, 0.3) is 0 Å². The van der Waals surface area contributed by atoms with Gasteiger partial charge in [-0.2, -0.15) is 8.78 Å². The maximum atomic E-state index is 14.9. The van der Waals surface area contributed by atoms with Crippen molar-refractivity contribution >= 4 is 11.9 Å². The molecule has 7 heteroatoms. The molecule has 0 amide bonds. The third-order valence-corrected chi connectivity index (χ3v) is 7.33. The lowest BCUT2D eigenvalue weighted by Gasteiger charge is -2.39. The zero-order valence-electron chi connectivity index (χ0n) is 20.5. The van der Waals surface area contributed by atoms with E-state index >= 15 is 0 Å². The lowest BCUT2D eigenvalue weighted by molar-refractivity contribution is -0.224. The molecule has 0 aromatic heterocycles. The van der Waals surface area contributed by atoms with Gasteiger partial charge in [0.1, 0.15) is 12.4 Å². The van der Waals surface area contributed by atoms with E-state index in [4.69, 9.17) is 14.2 Å². The van der Waals surface area contributed by atoms with Gasteiger partial charge >= 0.3 is 18.0 Å². The summed E-state index contributed by atoms with van der Waals surface area (Å²) in [4.78, 5) is 22.7. The molecule has 0 N–H and O–H groups in total. The number of benzene rings is 1. The average Bonchev–Trinajstić information content (AvgIpc) is 2.86. The van der Waals surface area contributed by atoms with E-state index in [1.807, 2.05) is 0 Å². The summed E-state index contributed by atoms with van der Waals surface area (Å²) >= 11 is 0. The number of ether oxygens (including phenoxy) is 3. The lowest BCUT2D eigenvalue weighted by atomic mass is 9.69. The van der Waals surface area contributed by atoms with Crippen LogP contribution >= 0.6 is 0 Å². The van der Waals surface area contributed by atoms with E-state index in [0.29, 0.717) is 48.3 Å². The second-order valence-electron chi connectivity index (χ2n) is 9.89. The second-order valence-corrected chi connectivity index (χ2v) is 9.89. The first-order chi connectivity index (χ1) is 16.7. The highest BCUT2D eigenvalue weighted by atomic mass is 19.3. The molecule has 2 aliphatic carbocycles. The molecule has 35 heavy (non-hydrogen) atoms. The largest absolute Gasteiger partial charge is 0.462 e. The molecular formula is C28H36F2O5. The van der Waals surface area contributed by atoms with Crippen LogP contribution in [-0.4, -0.2) is 24.7 Å². The molecule has 2 saturated carbocycles. The monoisotopic (exact) mass is 490 g/mol. The van der Waals surface area contributed by atoms with Crippen molar-refractivity contribution in [1.82, 2.24) is 0 Å². The summed E-state index contributed by atoms with van der Waals surface area (Å²) in [5.41, 5.74) is 0.989. The quantitative estimate of drug-likeness (QED) is 0.272. The fraction of sp³-hybridized carbons (Fsp3) is 0.571. The standard InChI is InChI=1S/C28H36F2O5/c1-4-26(31)33-17-20-5-9-22(10-6-20)23-11-13-24(14-12-23)28(29,30)35-25-15-7-21(8-16-25)18-34-27(32)19(2)3/h4,7-8,15-16,20,22-24H,1-2,5-6,9-14,17-18H2,3H3. The molecule has 0 bridgehead atoms. The zero-order chi connectivity index (χ0) is 25.4. The number of esters is 2. The molecule has 0 unspecified atom stereocenters. The Bertz CT molecular complexity index is 879. The minimum absolute atomic E-state index is 0.0499. The highest BCUT2D eigenvalue weighted by Crippen LogP contribution is 2.45. The number of carbonyl (C=O) groups is 2. The Labute approximate surface area is 206 Å². The van der Waals surface area contributed by atoms with Crippen molar-refractivity contribution in [3.63, 3.8) is 0 Å². The molecule has 2 fully saturated rings. The number of hydrogen-bond acceptors (Lipinski definition) is 5. The molecule has 1 aromatic rings. The summed E-state index contributed by atoms with van der Waals surface area (Å²) < 4.78 is 45.1. The summed E-state index contributed by atoms with van der Waals surface area (Å²) in [6.45, 7) is 8.98. The zero-order valence-corrected chi connectivity index (χ0v) is 20.5. The first-order valence-corrected chi connectivity index (χ1v) is 12.5. The van der Waals surface area contributed by atoms with Crippen molar-refractivity contribution < 1.29 is 32.6 Å².